The van der Waals surface area contributed by atoms with Crippen LogP contribution in [0.4, 0.5) is 5.69 Å². The molecule has 1 unspecified atom stereocenters. The fraction of sp³-hybridized carbons (Fsp3) is 0.636. The van der Waals surface area contributed by atoms with Gasteiger partial charge in [0.05, 0.1) is 22.8 Å². The monoisotopic (exact) mass is 415 g/mol. The highest BCUT2D eigenvalue weighted by Gasteiger charge is 2.54. The predicted octanol–water partition coefficient (Wildman–Crippen LogP) is 3.57. The van der Waals surface area contributed by atoms with E-state index in [2.05, 4.69) is 6.07 Å². The van der Waals surface area contributed by atoms with E-state index >= 15 is 0 Å². The molecule has 7 heteroatoms. The Kier molecular flexibility index (Phi) is 5.43. The van der Waals surface area contributed by atoms with Crippen molar-refractivity contribution < 1.29 is 13.2 Å². The molecule has 1 saturated carbocycles. The first-order valence-corrected chi connectivity index (χ1v) is 12.2. The molecule has 0 bridgehead atoms. The van der Waals surface area contributed by atoms with E-state index in [-0.39, 0.29) is 18.2 Å². The van der Waals surface area contributed by atoms with Crippen LogP contribution in [0, 0.1) is 17.2 Å². The number of sulfonamides is 1. The summed E-state index contributed by atoms with van der Waals surface area (Å²) >= 11 is 0. The lowest BCUT2D eigenvalue weighted by Gasteiger charge is -2.34. The summed E-state index contributed by atoms with van der Waals surface area (Å²) in [6, 6.07) is 7.34. The Labute approximate surface area is 173 Å². The summed E-state index contributed by atoms with van der Waals surface area (Å²) in [7, 11) is -3.54. The average molecular weight is 416 g/mol. The fourth-order valence-electron chi connectivity index (χ4n) is 5.64. The predicted molar refractivity (Wildman–Crippen MR) is 111 cm³/mol. The minimum atomic E-state index is -3.54. The van der Waals surface area contributed by atoms with Gasteiger partial charge in [0, 0.05) is 25.3 Å². The molecule has 156 valence electrons. The Hall–Kier alpha value is -1.91. The number of benzene rings is 1. The number of nitriles is 1. The van der Waals surface area contributed by atoms with Gasteiger partial charge in [-0.1, -0.05) is 19.8 Å². The summed E-state index contributed by atoms with van der Waals surface area (Å²) in [5.41, 5.74) is 0.979. The van der Waals surface area contributed by atoms with Gasteiger partial charge in [0.1, 0.15) is 0 Å². The van der Waals surface area contributed by atoms with Crippen LogP contribution in [0.3, 0.4) is 0 Å². The summed E-state index contributed by atoms with van der Waals surface area (Å²) in [4.78, 5) is 15.7. The Bertz CT molecular complexity index is 941. The third-order valence-corrected chi connectivity index (χ3v) is 9.02. The van der Waals surface area contributed by atoms with Crippen molar-refractivity contribution in [2.75, 3.05) is 24.5 Å². The van der Waals surface area contributed by atoms with Gasteiger partial charge in [-0.15, -0.1) is 0 Å². The van der Waals surface area contributed by atoms with Crippen LogP contribution in [0.2, 0.25) is 0 Å². The topological polar surface area (TPSA) is 81.5 Å². The average Bonchev–Trinajstić information content (AvgIpc) is 3.47. The fourth-order valence-corrected chi connectivity index (χ4v) is 7.18. The Morgan fingerprint density at radius 3 is 2.48 bits per heavy atom. The molecular formula is C22H29N3O3S. The van der Waals surface area contributed by atoms with E-state index in [0.29, 0.717) is 31.0 Å². The second-order valence-corrected chi connectivity index (χ2v) is 10.4. The van der Waals surface area contributed by atoms with Gasteiger partial charge in [0.25, 0.3) is 0 Å². The smallest absolute Gasteiger partial charge is 0.243 e. The molecule has 3 aliphatic rings. The molecule has 0 aromatic heterocycles. The molecule has 4 rings (SSSR count). The zero-order valence-corrected chi connectivity index (χ0v) is 17.9. The Morgan fingerprint density at radius 1 is 1.17 bits per heavy atom. The van der Waals surface area contributed by atoms with Crippen LogP contribution >= 0.6 is 0 Å². The number of carbonyl (C=O) groups excluding carboxylic acids is 1. The van der Waals surface area contributed by atoms with Crippen molar-refractivity contribution in [3.8, 4) is 6.07 Å². The number of fused-ring (bicyclic) bond motifs is 1. The molecule has 1 amide bonds. The van der Waals surface area contributed by atoms with Crippen LogP contribution in [-0.2, 0) is 20.2 Å². The SMILES string of the molecule is CCC1(C2CCCC2)C(=O)N(CCC#N)c2ccc(S(=O)(=O)N3CCCC3)cc21. The van der Waals surface area contributed by atoms with Crippen LogP contribution in [0.1, 0.15) is 63.9 Å². The summed E-state index contributed by atoms with van der Waals surface area (Å²) in [5, 5.41) is 9.06. The van der Waals surface area contributed by atoms with Crippen LogP contribution < -0.4 is 4.90 Å². The van der Waals surface area contributed by atoms with Crippen molar-refractivity contribution in [3.63, 3.8) is 0 Å². The first kappa shape index (κ1) is 20.4. The summed E-state index contributed by atoms with van der Waals surface area (Å²) in [6.45, 7) is 3.52. The normalized spacial score (nSPS) is 25.5. The number of anilines is 1. The molecule has 2 aliphatic heterocycles. The van der Waals surface area contributed by atoms with Crippen LogP contribution in [0.5, 0.6) is 0 Å². The van der Waals surface area contributed by atoms with E-state index in [1.807, 2.05) is 6.92 Å². The summed E-state index contributed by atoms with van der Waals surface area (Å²) in [6.07, 6.45) is 6.92. The maximum Gasteiger partial charge on any atom is 0.243 e. The summed E-state index contributed by atoms with van der Waals surface area (Å²) < 4.78 is 27.9. The van der Waals surface area contributed by atoms with Crippen molar-refractivity contribution >= 4 is 21.6 Å². The molecule has 1 aliphatic carbocycles. The molecule has 2 heterocycles. The number of amides is 1. The second-order valence-electron chi connectivity index (χ2n) is 8.46. The maximum absolute atomic E-state index is 13.7. The van der Waals surface area contributed by atoms with Gasteiger partial charge in [-0.25, -0.2) is 8.42 Å². The van der Waals surface area contributed by atoms with Crippen molar-refractivity contribution in [3.05, 3.63) is 23.8 Å². The van der Waals surface area contributed by atoms with Gasteiger partial charge < -0.3 is 4.90 Å². The molecule has 0 N–H and O–H groups in total. The van der Waals surface area contributed by atoms with E-state index in [9.17, 15) is 13.2 Å². The van der Waals surface area contributed by atoms with E-state index in [1.54, 1.807) is 27.4 Å². The molecule has 1 aromatic carbocycles. The van der Waals surface area contributed by atoms with Crippen molar-refractivity contribution in [1.82, 2.24) is 4.31 Å². The van der Waals surface area contributed by atoms with E-state index in [4.69, 9.17) is 5.26 Å². The molecule has 2 fully saturated rings. The summed E-state index contributed by atoms with van der Waals surface area (Å²) in [5.74, 6) is 0.281. The lowest BCUT2D eigenvalue weighted by Crippen LogP contribution is -2.45. The van der Waals surface area contributed by atoms with Gasteiger partial charge in [-0.3, -0.25) is 4.79 Å². The van der Waals surface area contributed by atoms with Gasteiger partial charge in [-0.2, -0.15) is 9.57 Å². The third-order valence-electron chi connectivity index (χ3n) is 7.13. The number of nitrogens with zero attached hydrogens (tertiary/aromatic N) is 3. The van der Waals surface area contributed by atoms with Crippen LogP contribution in [-0.4, -0.2) is 38.3 Å². The standard InChI is InChI=1S/C22H29N3O3S/c1-2-22(17-8-3-4-9-17)19-16-18(29(27,28)24-13-5-6-14-24)10-11-20(19)25(21(22)26)15-7-12-23/h10-11,16-17H,2-9,13-15H2,1H3. The Morgan fingerprint density at radius 2 is 1.86 bits per heavy atom. The maximum atomic E-state index is 13.7. The molecular weight excluding hydrogens is 386 g/mol. The molecule has 1 saturated heterocycles. The van der Waals surface area contributed by atoms with E-state index < -0.39 is 15.4 Å². The van der Waals surface area contributed by atoms with Crippen LogP contribution in [0.15, 0.2) is 23.1 Å². The first-order valence-electron chi connectivity index (χ1n) is 10.8. The molecule has 0 spiro atoms. The van der Waals surface area contributed by atoms with Gasteiger partial charge in [0.2, 0.25) is 15.9 Å². The first-order chi connectivity index (χ1) is 14.0. The molecule has 29 heavy (non-hydrogen) atoms. The van der Waals surface area contributed by atoms with Gasteiger partial charge >= 0.3 is 0 Å². The largest absolute Gasteiger partial charge is 0.310 e. The van der Waals surface area contributed by atoms with Crippen LogP contribution in [0.25, 0.3) is 0 Å². The highest BCUT2D eigenvalue weighted by Crippen LogP contribution is 2.53. The minimum Gasteiger partial charge on any atom is -0.310 e. The minimum absolute atomic E-state index is 0.0490. The van der Waals surface area contributed by atoms with Crippen molar-refractivity contribution in [1.29, 1.82) is 5.26 Å². The molecule has 1 aromatic rings. The number of carbonyl (C=O) groups is 1. The van der Waals surface area contributed by atoms with Crippen molar-refractivity contribution in [2.24, 2.45) is 5.92 Å². The highest BCUT2D eigenvalue weighted by atomic mass is 32.2. The molecule has 0 radical (unpaired) electrons. The quantitative estimate of drug-likeness (QED) is 0.711. The molecule has 6 nitrogen and oxygen atoms in total. The number of rotatable bonds is 6. The second kappa shape index (κ2) is 7.73. The van der Waals surface area contributed by atoms with Gasteiger partial charge in [0.15, 0.2) is 0 Å². The third kappa shape index (κ3) is 3.08. The number of hydrogen-bond donors (Lipinski definition) is 0. The van der Waals surface area contributed by atoms with Crippen molar-refractivity contribution in [2.45, 2.75) is 68.6 Å². The van der Waals surface area contributed by atoms with E-state index in [0.717, 1.165) is 49.8 Å². The lowest BCUT2D eigenvalue weighted by atomic mass is 9.68. The zero-order valence-electron chi connectivity index (χ0n) is 17.1. The highest BCUT2D eigenvalue weighted by molar-refractivity contribution is 7.89. The molecule has 1 atom stereocenters. The zero-order chi connectivity index (χ0) is 20.6. The van der Waals surface area contributed by atoms with Gasteiger partial charge in [-0.05, 0) is 61.8 Å². The Balaban J connectivity index is 1.84. The number of hydrogen-bond acceptors (Lipinski definition) is 4. The van der Waals surface area contributed by atoms with E-state index in [1.165, 1.54) is 0 Å². The lowest BCUT2D eigenvalue weighted by molar-refractivity contribution is -0.125.